The normalized spacial score (nSPS) is 12.1. The lowest BCUT2D eigenvalue weighted by atomic mass is 10.0. The molecule has 4 heteroatoms. The maximum atomic E-state index is 5.73. The lowest BCUT2D eigenvalue weighted by Gasteiger charge is -2.20. The highest BCUT2D eigenvalue weighted by Crippen LogP contribution is 2.37. The summed E-state index contributed by atoms with van der Waals surface area (Å²) in [6.45, 7) is 7.76. The molecule has 0 saturated heterocycles. The van der Waals surface area contributed by atoms with Gasteiger partial charge in [-0.15, -0.1) is 0 Å². The Balaban J connectivity index is 3.01. The summed E-state index contributed by atoms with van der Waals surface area (Å²) in [4.78, 5) is 0. The standard InChI is InChI=1S/C15H26N2O2/c1-6-12(8-16)9-17-13-7-14(18-4)10(2)11(3)15(13)19-5/h7,12,17H,6,8-9,16H2,1-5H3. The van der Waals surface area contributed by atoms with E-state index >= 15 is 0 Å². The number of ether oxygens (including phenoxy) is 2. The Morgan fingerprint density at radius 1 is 1.21 bits per heavy atom. The van der Waals surface area contributed by atoms with Crippen molar-refractivity contribution >= 4 is 5.69 Å². The van der Waals surface area contributed by atoms with Crippen molar-refractivity contribution in [3.63, 3.8) is 0 Å². The minimum Gasteiger partial charge on any atom is -0.496 e. The number of nitrogens with one attached hydrogen (secondary N) is 1. The summed E-state index contributed by atoms with van der Waals surface area (Å²) in [5.74, 6) is 2.23. The lowest BCUT2D eigenvalue weighted by molar-refractivity contribution is 0.399. The molecule has 0 amide bonds. The van der Waals surface area contributed by atoms with Crippen molar-refractivity contribution in [2.75, 3.05) is 32.6 Å². The molecule has 0 fully saturated rings. The van der Waals surface area contributed by atoms with E-state index in [1.54, 1.807) is 14.2 Å². The SMILES string of the molecule is CCC(CN)CNc1cc(OC)c(C)c(C)c1OC. The number of hydrogen-bond donors (Lipinski definition) is 2. The number of methoxy groups -OCH3 is 2. The molecule has 0 radical (unpaired) electrons. The largest absolute Gasteiger partial charge is 0.496 e. The summed E-state index contributed by atoms with van der Waals surface area (Å²) in [6, 6.07) is 1.99. The third-order valence-corrected chi connectivity index (χ3v) is 3.71. The molecule has 0 saturated carbocycles. The Bertz CT molecular complexity index is 415. The molecule has 1 atom stereocenters. The quantitative estimate of drug-likeness (QED) is 0.796. The van der Waals surface area contributed by atoms with Gasteiger partial charge in [0.15, 0.2) is 0 Å². The van der Waals surface area contributed by atoms with Gasteiger partial charge in [-0.1, -0.05) is 13.3 Å². The van der Waals surface area contributed by atoms with Crippen LogP contribution in [0.3, 0.4) is 0 Å². The fraction of sp³-hybridized carbons (Fsp3) is 0.600. The monoisotopic (exact) mass is 266 g/mol. The van der Waals surface area contributed by atoms with E-state index in [0.29, 0.717) is 12.5 Å². The van der Waals surface area contributed by atoms with Crippen LogP contribution in [0.15, 0.2) is 6.07 Å². The lowest BCUT2D eigenvalue weighted by Crippen LogP contribution is -2.22. The van der Waals surface area contributed by atoms with Crippen LogP contribution in [0.2, 0.25) is 0 Å². The van der Waals surface area contributed by atoms with Gasteiger partial charge in [0.1, 0.15) is 11.5 Å². The van der Waals surface area contributed by atoms with E-state index in [1.165, 1.54) is 0 Å². The maximum absolute atomic E-state index is 5.73. The van der Waals surface area contributed by atoms with E-state index in [-0.39, 0.29) is 0 Å². The Morgan fingerprint density at radius 2 is 1.89 bits per heavy atom. The van der Waals surface area contributed by atoms with Crippen LogP contribution in [0.4, 0.5) is 5.69 Å². The Morgan fingerprint density at radius 3 is 2.37 bits per heavy atom. The third kappa shape index (κ3) is 3.53. The molecule has 1 aromatic rings. The molecule has 19 heavy (non-hydrogen) atoms. The molecule has 0 aromatic heterocycles. The molecular weight excluding hydrogens is 240 g/mol. The smallest absolute Gasteiger partial charge is 0.145 e. The molecule has 1 unspecified atom stereocenters. The first kappa shape index (κ1) is 15.6. The zero-order valence-corrected chi connectivity index (χ0v) is 12.7. The van der Waals surface area contributed by atoms with Crippen LogP contribution >= 0.6 is 0 Å². The van der Waals surface area contributed by atoms with E-state index in [1.807, 2.05) is 19.9 Å². The molecule has 4 nitrogen and oxygen atoms in total. The van der Waals surface area contributed by atoms with Gasteiger partial charge in [0, 0.05) is 12.6 Å². The topological polar surface area (TPSA) is 56.5 Å². The second kappa shape index (κ2) is 7.24. The molecule has 1 aromatic carbocycles. The predicted molar refractivity (Wildman–Crippen MR) is 80.3 cm³/mol. The van der Waals surface area contributed by atoms with Gasteiger partial charge >= 0.3 is 0 Å². The maximum Gasteiger partial charge on any atom is 0.145 e. The summed E-state index contributed by atoms with van der Waals surface area (Å²) in [7, 11) is 3.38. The van der Waals surface area contributed by atoms with Crippen LogP contribution in [0.1, 0.15) is 24.5 Å². The van der Waals surface area contributed by atoms with Crippen molar-refractivity contribution in [1.82, 2.24) is 0 Å². The summed E-state index contributed by atoms with van der Waals surface area (Å²) < 4.78 is 10.9. The van der Waals surface area contributed by atoms with Gasteiger partial charge in [0.05, 0.1) is 19.9 Å². The molecule has 1 rings (SSSR count). The summed E-state index contributed by atoms with van der Waals surface area (Å²) in [5.41, 5.74) is 8.91. The minimum atomic E-state index is 0.470. The van der Waals surface area contributed by atoms with Crippen molar-refractivity contribution in [1.29, 1.82) is 0 Å². The highest BCUT2D eigenvalue weighted by molar-refractivity contribution is 5.66. The van der Waals surface area contributed by atoms with Crippen LogP contribution < -0.4 is 20.5 Å². The van der Waals surface area contributed by atoms with Gasteiger partial charge in [-0.25, -0.2) is 0 Å². The Labute approximate surface area is 116 Å². The fourth-order valence-electron chi connectivity index (χ4n) is 2.12. The van der Waals surface area contributed by atoms with Gasteiger partial charge in [-0.3, -0.25) is 0 Å². The first-order valence-corrected chi connectivity index (χ1v) is 6.75. The minimum absolute atomic E-state index is 0.470. The zero-order chi connectivity index (χ0) is 14.4. The summed E-state index contributed by atoms with van der Waals surface area (Å²) >= 11 is 0. The van der Waals surface area contributed by atoms with Crippen molar-refractivity contribution in [2.24, 2.45) is 11.7 Å². The van der Waals surface area contributed by atoms with E-state index in [9.17, 15) is 0 Å². The number of benzene rings is 1. The van der Waals surface area contributed by atoms with Crippen molar-refractivity contribution in [3.05, 3.63) is 17.2 Å². The molecule has 0 spiro atoms. The van der Waals surface area contributed by atoms with E-state index in [4.69, 9.17) is 15.2 Å². The highest BCUT2D eigenvalue weighted by Gasteiger charge is 2.14. The van der Waals surface area contributed by atoms with Gasteiger partial charge in [-0.2, -0.15) is 0 Å². The van der Waals surface area contributed by atoms with Crippen LogP contribution in [0.5, 0.6) is 11.5 Å². The molecule has 3 N–H and O–H groups in total. The zero-order valence-electron chi connectivity index (χ0n) is 12.7. The van der Waals surface area contributed by atoms with Gasteiger partial charge < -0.3 is 20.5 Å². The van der Waals surface area contributed by atoms with Crippen molar-refractivity contribution < 1.29 is 9.47 Å². The number of rotatable bonds is 7. The van der Waals surface area contributed by atoms with Crippen LogP contribution in [-0.4, -0.2) is 27.3 Å². The Hall–Kier alpha value is -1.42. The van der Waals surface area contributed by atoms with E-state index in [0.717, 1.165) is 41.3 Å². The molecule has 108 valence electrons. The van der Waals surface area contributed by atoms with Crippen molar-refractivity contribution in [3.8, 4) is 11.5 Å². The predicted octanol–water partition coefficient (Wildman–Crippen LogP) is 2.72. The molecule has 0 aliphatic rings. The summed E-state index contributed by atoms with van der Waals surface area (Å²) in [6.07, 6.45) is 1.06. The average Bonchev–Trinajstić information content (AvgIpc) is 2.43. The fourth-order valence-corrected chi connectivity index (χ4v) is 2.12. The average molecular weight is 266 g/mol. The molecule has 0 aliphatic carbocycles. The Kier molecular flexibility index (Phi) is 5.96. The van der Waals surface area contributed by atoms with Gasteiger partial charge in [0.2, 0.25) is 0 Å². The van der Waals surface area contributed by atoms with Gasteiger partial charge in [0.25, 0.3) is 0 Å². The molecular formula is C15H26N2O2. The van der Waals surface area contributed by atoms with Crippen LogP contribution in [0.25, 0.3) is 0 Å². The second-order valence-electron chi connectivity index (χ2n) is 4.80. The highest BCUT2D eigenvalue weighted by atomic mass is 16.5. The number of anilines is 1. The molecule has 0 aliphatic heterocycles. The van der Waals surface area contributed by atoms with E-state index in [2.05, 4.69) is 12.2 Å². The van der Waals surface area contributed by atoms with E-state index < -0.39 is 0 Å². The number of hydrogen-bond acceptors (Lipinski definition) is 4. The van der Waals surface area contributed by atoms with Gasteiger partial charge in [-0.05, 0) is 37.4 Å². The number of nitrogens with two attached hydrogens (primary N) is 1. The third-order valence-electron chi connectivity index (χ3n) is 3.71. The molecule has 0 bridgehead atoms. The summed E-state index contributed by atoms with van der Waals surface area (Å²) in [5, 5.41) is 3.42. The molecule has 0 heterocycles. The first-order chi connectivity index (χ1) is 9.08. The first-order valence-electron chi connectivity index (χ1n) is 6.75. The second-order valence-corrected chi connectivity index (χ2v) is 4.80. The van der Waals surface area contributed by atoms with Crippen molar-refractivity contribution in [2.45, 2.75) is 27.2 Å². The van der Waals surface area contributed by atoms with Crippen LogP contribution in [0, 0.1) is 19.8 Å². The van der Waals surface area contributed by atoms with Crippen LogP contribution in [-0.2, 0) is 0 Å².